The number of carbonyl (C=O) groups excluding carboxylic acids is 2. The van der Waals surface area contributed by atoms with Crippen LogP contribution in [0.15, 0.2) is 42.5 Å². The van der Waals surface area contributed by atoms with Gasteiger partial charge >= 0.3 is 0 Å². The predicted octanol–water partition coefficient (Wildman–Crippen LogP) is 3.48. The zero-order chi connectivity index (χ0) is 20.1. The van der Waals surface area contributed by atoms with Crippen molar-refractivity contribution in [3.63, 3.8) is 0 Å². The highest BCUT2D eigenvalue weighted by molar-refractivity contribution is 6.10. The van der Waals surface area contributed by atoms with E-state index in [1.165, 1.54) is 12.8 Å². The van der Waals surface area contributed by atoms with Crippen molar-refractivity contribution in [1.82, 2.24) is 4.90 Å². The first-order chi connectivity index (χ1) is 14.2. The van der Waals surface area contributed by atoms with Gasteiger partial charge in [0, 0.05) is 11.8 Å². The molecule has 152 valence electrons. The Morgan fingerprint density at radius 1 is 0.897 bits per heavy atom. The van der Waals surface area contributed by atoms with Crippen molar-refractivity contribution >= 4 is 23.2 Å². The number of amides is 2. The summed E-state index contributed by atoms with van der Waals surface area (Å²) in [5.74, 6) is 0.857. The van der Waals surface area contributed by atoms with Crippen LogP contribution < -0.4 is 20.1 Å². The van der Waals surface area contributed by atoms with Crippen LogP contribution in [-0.4, -0.2) is 43.1 Å². The number of ether oxygens (including phenoxy) is 2. The Labute approximate surface area is 170 Å². The third-order valence-corrected chi connectivity index (χ3v) is 5.14. The molecule has 0 aromatic heterocycles. The van der Waals surface area contributed by atoms with Crippen LogP contribution in [0.4, 0.5) is 11.4 Å². The van der Waals surface area contributed by atoms with E-state index in [1.807, 2.05) is 0 Å². The molecular formula is C22H25N3O4. The standard InChI is InChI=1S/C22H25N3O4/c26-21(14-25-11-5-1-2-6-12-25)24-18-8-4-3-7-17(18)22(27)23-16-9-10-19-20(13-16)29-15-28-19/h3-4,7-10,13H,1-2,5-6,11-12,14-15H2,(H,23,27)(H,24,26). The minimum Gasteiger partial charge on any atom is -0.454 e. The molecule has 2 aliphatic rings. The van der Waals surface area contributed by atoms with Gasteiger partial charge in [0.05, 0.1) is 17.8 Å². The van der Waals surface area contributed by atoms with Crippen molar-refractivity contribution < 1.29 is 19.1 Å². The maximum absolute atomic E-state index is 12.8. The number of rotatable bonds is 5. The van der Waals surface area contributed by atoms with Crippen molar-refractivity contribution in [2.75, 3.05) is 37.1 Å². The first-order valence-corrected chi connectivity index (χ1v) is 10.0. The fraction of sp³-hybridized carbons (Fsp3) is 0.364. The van der Waals surface area contributed by atoms with E-state index in [1.54, 1.807) is 42.5 Å². The maximum Gasteiger partial charge on any atom is 0.257 e. The van der Waals surface area contributed by atoms with E-state index < -0.39 is 0 Å². The number of carbonyl (C=O) groups is 2. The molecule has 4 rings (SSSR count). The lowest BCUT2D eigenvalue weighted by Gasteiger charge is -2.19. The topological polar surface area (TPSA) is 79.9 Å². The highest BCUT2D eigenvalue weighted by atomic mass is 16.7. The predicted molar refractivity (Wildman–Crippen MR) is 110 cm³/mol. The molecule has 0 radical (unpaired) electrons. The molecule has 1 fully saturated rings. The van der Waals surface area contributed by atoms with Crippen LogP contribution in [0.3, 0.4) is 0 Å². The van der Waals surface area contributed by atoms with E-state index in [4.69, 9.17) is 9.47 Å². The number of anilines is 2. The maximum atomic E-state index is 12.8. The van der Waals surface area contributed by atoms with Gasteiger partial charge in [-0.2, -0.15) is 0 Å². The molecule has 0 saturated carbocycles. The van der Waals surface area contributed by atoms with Crippen molar-refractivity contribution in [1.29, 1.82) is 0 Å². The normalized spacial score (nSPS) is 16.1. The largest absolute Gasteiger partial charge is 0.454 e. The van der Waals surface area contributed by atoms with Gasteiger partial charge in [0.2, 0.25) is 12.7 Å². The number of benzene rings is 2. The van der Waals surface area contributed by atoms with Gasteiger partial charge in [0.25, 0.3) is 5.91 Å². The Kier molecular flexibility index (Phi) is 5.95. The zero-order valence-electron chi connectivity index (χ0n) is 16.3. The Bertz CT molecular complexity index is 891. The fourth-order valence-corrected chi connectivity index (χ4v) is 3.65. The number of hydrogen-bond acceptors (Lipinski definition) is 5. The highest BCUT2D eigenvalue weighted by Gasteiger charge is 2.18. The summed E-state index contributed by atoms with van der Waals surface area (Å²) >= 11 is 0. The Hall–Kier alpha value is -3.06. The van der Waals surface area contributed by atoms with Crippen LogP contribution in [0.25, 0.3) is 0 Å². The number of para-hydroxylation sites is 1. The minimum atomic E-state index is -0.297. The van der Waals surface area contributed by atoms with Gasteiger partial charge in [0.1, 0.15) is 0 Å². The molecule has 7 nitrogen and oxygen atoms in total. The SMILES string of the molecule is O=C(CN1CCCCCC1)Nc1ccccc1C(=O)Nc1ccc2c(c1)OCO2. The fourth-order valence-electron chi connectivity index (χ4n) is 3.65. The summed E-state index contributed by atoms with van der Waals surface area (Å²) in [5, 5.41) is 5.76. The molecule has 0 atom stereocenters. The van der Waals surface area contributed by atoms with Gasteiger partial charge in [-0.05, 0) is 50.2 Å². The van der Waals surface area contributed by atoms with Gasteiger partial charge in [-0.1, -0.05) is 25.0 Å². The molecule has 0 spiro atoms. The molecule has 2 N–H and O–H groups in total. The van der Waals surface area contributed by atoms with E-state index >= 15 is 0 Å². The lowest BCUT2D eigenvalue weighted by molar-refractivity contribution is -0.117. The number of likely N-dealkylation sites (tertiary alicyclic amines) is 1. The summed E-state index contributed by atoms with van der Waals surface area (Å²) in [6.45, 7) is 2.41. The molecular weight excluding hydrogens is 370 g/mol. The lowest BCUT2D eigenvalue weighted by atomic mass is 10.1. The number of fused-ring (bicyclic) bond motifs is 1. The highest BCUT2D eigenvalue weighted by Crippen LogP contribution is 2.34. The quantitative estimate of drug-likeness (QED) is 0.810. The second-order valence-corrected chi connectivity index (χ2v) is 7.31. The average Bonchev–Trinajstić information content (AvgIpc) is 3.03. The molecule has 0 bridgehead atoms. The molecule has 0 aliphatic carbocycles. The van der Waals surface area contributed by atoms with Crippen molar-refractivity contribution in [3.05, 3.63) is 48.0 Å². The van der Waals surface area contributed by atoms with Crippen molar-refractivity contribution in [2.24, 2.45) is 0 Å². The number of nitrogens with zero attached hydrogens (tertiary/aromatic N) is 1. The minimum absolute atomic E-state index is 0.102. The summed E-state index contributed by atoms with van der Waals surface area (Å²) in [6, 6.07) is 12.3. The molecule has 2 aromatic carbocycles. The van der Waals surface area contributed by atoms with E-state index in [0.717, 1.165) is 25.9 Å². The molecule has 0 unspecified atom stereocenters. The number of nitrogens with one attached hydrogen (secondary N) is 2. The Morgan fingerprint density at radius 2 is 1.66 bits per heavy atom. The molecule has 2 amide bonds. The first kappa shape index (κ1) is 19.3. The third kappa shape index (κ3) is 4.86. The van der Waals surface area contributed by atoms with Crippen LogP contribution >= 0.6 is 0 Å². The Balaban J connectivity index is 1.42. The second kappa shape index (κ2) is 8.96. The zero-order valence-corrected chi connectivity index (χ0v) is 16.3. The average molecular weight is 395 g/mol. The first-order valence-electron chi connectivity index (χ1n) is 10.0. The van der Waals surface area contributed by atoms with Crippen molar-refractivity contribution in [3.8, 4) is 11.5 Å². The monoisotopic (exact) mass is 395 g/mol. The Morgan fingerprint density at radius 3 is 2.48 bits per heavy atom. The van der Waals surface area contributed by atoms with Gasteiger partial charge in [-0.25, -0.2) is 0 Å². The van der Waals surface area contributed by atoms with Gasteiger partial charge in [-0.3, -0.25) is 14.5 Å². The smallest absolute Gasteiger partial charge is 0.257 e. The van der Waals surface area contributed by atoms with E-state index in [0.29, 0.717) is 35.0 Å². The second-order valence-electron chi connectivity index (χ2n) is 7.31. The molecule has 1 saturated heterocycles. The van der Waals surface area contributed by atoms with Crippen LogP contribution in [0.2, 0.25) is 0 Å². The lowest BCUT2D eigenvalue weighted by Crippen LogP contribution is -2.34. The summed E-state index contributed by atoms with van der Waals surface area (Å²) in [5.41, 5.74) is 1.52. The molecule has 2 heterocycles. The van der Waals surface area contributed by atoms with E-state index in [9.17, 15) is 9.59 Å². The van der Waals surface area contributed by atoms with Gasteiger partial charge in [0.15, 0.2) is 11.5 Å². The number of hydrogen-bond donors (Lipinski definition) is 2. The molecule has 2 aromatic rings. The van der Waals surface area contributed by atoms with Crippen LogP contribution in [0, 0.1) is 0 Å². The van der Waals surface area contributed by atoms with Crippen LogP contribution in [0.1, 0.15) is 36.0 Å². The summed E-state index contributed by atoms with van der Waals surface area (Å²) < 4.78 is 10.6. The van der Waals surface area contributed by atoms with Gasteiger partial charge in [-0.15, -0.1) is 0 Å². The molecule has 29 heavy (non-hydrogen) atoms. The van der Waals surface area contributed by atoms with Crippen molar-refractivity contribution in [2.45, 2.75) is 25.7 Å². The van der Waals surface area contributed by atoms with E-state index in [-0.39, 0.29) is 18.6 Å². The van der Waals surface area contributed by atoms with Gasteiger partial charge < -0.3 is 20.1 Å². The van der Waals surface area contributed by atoms with Crippen LogP contribution in [0.5, 0.6) is 11.5 Å². The van der Waals surface area contributed by atoms with Crippen LogP contribution in [-0.2, 0) is 4.79 Å². The molecule has 2 aliphatic heterocycles. The summed E-state index contributed by atoms with van der Waals surface area (Å²) in [6.07, 6.45) is 4.70. The summed E-state index contributed by atoms with van der Waals surface area (Å²) in [4.78, 5) is 27.5. The third-order valence-electron chi connectivity index (χ3n) is 5.14. The van der Waals surface area contributed by atoms with E-state index in [2.05, 4.69) is 15.5 Å². The summed E-state index contributed by atoms with van der Waals surface area (Å²) in [7, 11) is 0. The molecule has 7 heteroatoms.